The molecule has 0 aliphatic rings. The Hall–Kier alpha value is -2.14. The van der Waals surface area contributed by atoms with E-state index in [1.54, 1.807) is 6.92 Å². The second kappa shape index (κ2) is 4.62. The van der Waals surface area contributed by atoms with Crippen molar-refractivity contribution in [3.05, 3.63) is 58.8 Å². The molecular weight excluding hydrogens is 239 g/mol. The molecule has 0 radical (unpaired) electrons. The summed E-state index contributed by atoms with van der Waals surface area (Å²) < 4.78 is 18.1. The Bertz CT molecular complexity index is 588. The smallest absolute Gasteiger partial charge is 0.339 e. The molecule has 0 saturated carbocycles. The zero-order chi connectivity index (χ0) is 13.3. The number of rotatable bonds is 3. The Kier molecular flexibility index (Phi) is 3.16. The quantitative estimate of drug-likeness (QED) is 0.878. The van der Waals surface area contributed by atoms with Crippen molar-refractivity contribution in [1.82, 2.24) is 0 Å². The van der Waals surface area contributed by atoms with Crippen LogP contribution in [0.1, 0.15) is 33.3 Å². The van der Waals surface area contributed by atoms with E-state index in [1.807, 2.05) is 0 Å². The normalized spacial score (nSPS) is 12.4. The first-order chi connectivity index (χ1) is 8.50. The van der Waals surface area contributed by atoms with Crippen molar-refractivity contribution in [1.29, 1.82) is 0 Å². The van der Waals surface area contributed by atoms with Gasteiger partial charge in [-0.25, -0.2) is 9.18 Å². The number of halogens is 1. The highest BCUT2D eigenvalue weighted by molar-refractivity contribution is 5.88. The van der Waals surface area contributed by atoms with Crippen LogP contribution < -0.4 is 0 Å². The fourth-order valence-electron chi connectivity index (χ4n) is 1.76. The van der Waals surface area contributed by atoms with Gasteiger partial charge in [0.2, 0.25) is 0 Å². The average molecular weight is 250 g/mol. The molecule has 1 aromatic carbocycles. The molecule has 0 aliphatic heterocycles. The average Bonchev–Trinajstić information content (AvgIpc) is 2.80. The van der Waals surface area contributed by atoms with Gasteiger partial charge in [-0.2, -0.15) is 0 Å². The van der Waals surface area contributed by atoms with Crippen molar-refractivity contribution in [3.63, 3.8) is 0 Å². The lowest BCUT2D eigenvalue weighted by atomic mass is 9.99. The zero-order valence-electron chi connectivity index (χ0n) is 9.55. The van der Waals surface area contributed by atoms with E-state index in [0.29, 0.717) is 5.56 Å². The molecule has 0 fully saturated rings. The van der Waals surface area contributed by atoms with E-state index >= 15 is 0 Å². The molecule has 2 rings (SSSR count). The minimum absolute atomic E-state index is 0.101. The van der Waals surface area contributed by atoms with Crippen LogP contribution in [0.4, 0.5) is 4.39 Å². The van der Waals surface area contributed by atoms with Crippen LogP contribution in [0, 0.1) is 12.7 Å². The molecule has 0 amide bonds. The molecule has 0 saturated heterocycles. The van der Waals surface area contributed by atoms with Gasteiger partial charge in [-0.3, -0.25) is 0 Å². The van der Waals surface area contributed by atoms with Gasteiger partial charge in [0.05, 0.1) is 6.26 Å². The number of furan rings is 1. The van der Waals surface area contributed by atoms with Crippen LogP contribution in [0.15, 0.2) is 34.9 Å². The molecule has 2 aromatic rings. The number of benzene rings is 1. The van der Waals surface area contributed by atoms with Crippen molar-refractivity contribution < 1.29 is 23.8 Å². The Morgan fingerprint density at radius 2 is 2.11 bits per heavy atom. The Balaban J connectivity index is 2.47. The van der Waals surface area contributed by atoms with Crippen LogP contribution in [-0.4, -0.2) is 16.2 Å². The third-order valence-electron chi connectivity index (χ3n) is 2.71. The predicted octanol–water partition coefficient (Wildman–Crippen LogP) is 2.51. The third-order valence-corrected chi connectivity index (χ3v) is 2.71. The molecule has 1 atom stereocenters. The largest absolute Gasteiger partial charge is 0.478 e. The van der Waals surface area contributed by atoms with E-state index < -0.39 is 17.9 Å². The van der Waals surface area contributed by atoms with Gasteiger partial charge in [0, 0.05) is 0 Å². The molecule has 4 nitrogen and oxygen atoms in total. The number of hydrogen-bond acceptors (Lipinski definition) is 3. The minimum atomic E-state index is -1.30. The summed E-state index contributed by atoms with van der Waals surface area (Å²) in [4.78, 5) is 10.9. The SMILES string of the molecule is Cc1ccc(F)cc1C(O)c1occc1C(=O)O. The number of carbonyl (C=O) groups is 1. The van der Waals surface area contributed by atoms with Crippen LogP contribution in [0.5, 0.6) is 0 Å². The predicted molar refractivity (Wildman–Crippen MR) is 60.9 cm³/mol. The van der Waals surface area contributed by atoms with Crippen molar-refractivity contribution >= 4 is 5.97 Å². The highest BCUT2D eigenvalue weighted by atomic mass is 19.1. The second-order valence-electron chi connectivity index (χ2n) is 3.91. The number of aryl methyl sites for hydroxylation is 1. The monoisotopic (exact) mass is 250 g/mol. The lowest BCUT2D eigenvalue weighted by Gasteiger charge is -2.12. The Morgan fingerprint density at radius 3 is 2.78 bits per heavy atom. The molecule has 18 heavy (non-hydrogen) atoms. The lowest BCUT2D eigenvalue weighted by molar-refractivity contribution is 0.0687. The van der Waals surface area contributed by atoms with Gasteiger partial charge in [-0.15, -0.1) is 0 Å². The summed E-state index contributed by atoms with van der Waals surface area (Å²) >= 11 is 0. The summed E-state index contributed by atoms with van der Waals surface area (Å²) in [5.74, 6) is -1.80. The lowest BCUT2D eigenvalue weighted by Crippen LogP contribution is -2.07. The molecule has 0 spiro atoms. The van der Waals surface area contributed by atoms with E-state index in [-0.39, 0.29) is 16.9 Å². The number of aliphatic hydroxyl groups is 1. The molecular formula is C13H11FO4. The first-order valence-electron chi connectivity index (χ1n) is 5.25. The number of hydrogen-bond donors (Lipinski definition) is 2. The third kappa shape index (κ3) is 2.12. The maximum atomic E-state index is 13.2. The summed E-state index contributed by atoms with van der Waals surface area (Å²) in [6, 6.07) is 5.19. The van der Waals surface area contributed by atoms with Gasteiger partial charge < -0.3 is 14.6 Å². The number of aliphatic hydroxyl groups excluding tert-OH is 1. The zero-order valence-corrected chi connectivity index (χ0v) is 9.55. The van der Waals surface area contributed by atoms with Crippen molar-refractivity contribution in [2.75, 3.05) is 0 Å². The molecule has 94 valence electrons. The van der Waals surface area contributed by atoms with Crippen LogP contribution in [0.25, 0.3) is 0 Å². The summed E-state index contributed by atoms with van der Waals surface area (Å²) in [5.41, 5.74) is 0.801. The number of carboxylic acid groups (broad SMARTS) is 1. The van der Waals surface area contributed by atoms with Crippen molar-refractivity contribution in [2.24, 2.45) is 0 Å². The topological polar surface area (TPSA) is 70.7 Å². The van der Waals surface area contributed by atoms with Crippen LogP contribution in [0.3, 0.4) is 0 Å². The van der Waals surface area contributed by atoms with Gasteiger partial charge in [0.15, 0.2) is 5.76 Å². The molecule has 5 heteroatoms. The molecule has 0 aliphatic carbocycles. The highest BCUT2D eigenvalue weighted by Crippen LogP contribution is 2.28. The fourth-order valence-corrected chi connectivity index (χ4v) is 1.76. The molecule has 0 bridgehead atoms. The van der Waals surface area contributed by atoms with Gasteiger partial charge in [-0.05, 0) is 36.2 Å². The van der Waals surface area contributed by atoms with E-state index in [4.69, 9.17) is 9.52 Å². The molecule has 1 unspecified atom stereocenters. The van der Waals surface area contributed by atoms with Gasteiger partial charge >= 0.3 is 5.97 Å². The Labute approximate surface area is 102 Å². The van der Waals surface area contributed by atoms with Gasteiger partial charge in [-0.1, -0.05) is 6.07 Å². The molecule has 1 heterocycles. The minimum Gasteiger partial charge on any atom is -0.478 e. The maximum Gasteiger partial charge on any atom is 0.339 e. The standard InChI is InChI=1S/C13H11FO4/c1-7-2-3-8(14)6-10(7)11(15)12-9(13(16)17)4-5-18-12/h2-6,11,15H,1H3,(H,16,17). The first-order valence-corrected chi connectivity index (χ1v) is 5.25. The van der Waals surface area contributed by atoms with Crippen molar-refractivity contribution in [2.45, 2.75) is 13.0 Å². The van der Waals surface area contributed by atoms with Crippen molar-refractivity contribution in [3.8, 4) is 0 Å². The van der Waals surface area contributed by atoms with Crippen LogP contribution in [-0.2, 0) is 0 Å². The molecule has 1 aromatic heterocycles. The van der Waals surface area contributed by atoms with E-state index in [2.05, 4.69) is 0 Å². The molecule has 2 N–H and O–H groups in total. The van der Waals surface area contributed by atoms with E-state index in [1.165, 1.54) is 24.5 Å². The van der Waals surface area contributed by atoms with Gasteiger partial charge in [0.1, 0.15) is 17.5 Å². The summed E-state index contributed by atoms with van der Waals surface area (Å²) in [7, 11) is 0. The van der Waals surface area contributed by atoms with Gasteiger partial charge in [0.25, 0.3) is 0 Å². The fraction of sp³-hybridized carbons (Fsp3) is 0.154. The Morgan fingerprint density at radius 1 is 1.39 bits per heavy atom. The van der Waals surface area contributed by atoms with Crippen LogP contribution in [0.2, 0.25) is 0 Å². The number of aromatic carboxylic acids is 1. The highest BCUT2D eigenvalue weighted by Gasteiger charge is 2.23. The second-order valence-corrected chi connectivity index (χ2v) is 3.91. The summed E-state index contributed by atoms with van der Waals surface area (Å²) in [6.07, 6.45) is -0.127. The van der Waals surface area contributed by atoms with E-state index in [9.17, 15) is 14.3 Å². The summed E-state index contributed by atoms with van der Waals surface area (Å²) in [6.45, 7) is 1.70. The maximum absolute atomic E-state index is 13.2. The van der Waals surface area contributed by atoms with Crippen LogP contribution >= 0.6 is 0 Å². The van der Waals surface area contributed by atoms with E-state index in [0.717, 1.165) is 6.07 Å². The number of carboxylic acids is 1. The first kappa shape index (κ1) is 12.3. The summed E-state index contributed by atoms with van der Waals surface area (Å²) in [5, 5.41) is 19.0.